The van der Waals surface area contributed by atoms with Crippen LogP contribution in [0.2, 0.25) is 0 Å². The third kappa shape index (κ3) is 4.98. The molecule has 0 bridgehead atoms. The number of hydrogen-bond donors (Lipinski definition) is 3. The number of fused-ring (bicyclic) bond motifs is 2. The number of sulfonamides is 1. The molecule has 2 aliphatic heterocycles. The number of anilines is 1. The summed E-state index contributed by atoms with van der Waals surface area (Å²) in [7, 11) is -4.59. The predicted molar refractivity (Wildman–Crippen MR) is 129 cm³/mol. The molecule has 0 saturated heterocycles. The Labute approximate surface area is 211 Å². The summed E-state index contributed by atoms with van der Waals surface area (Å²) < 4.78 is 76.1. The van der Waals surface area contributed by atoms with Gasteiger partial charge >= 0.3 is 6.18 Å². The molecule has 5 rings (SSSR count). The number of carbonyl (C=O) groups excluding carboxylic acids is 1. The number of amides is 1. The van der Waals surface area contributed by atoms with E-state index in [0.717, 1.165) is 17.2 Å². The van der Waals surface area contributed by atoms with E-state index in [1.54, 1.807) is 30.3 Å². The number of aryl methyl sites for hydroxylation is 1. The minimum Gasteiger partial charge on any atom is -0.493 e. The summed E-state index contributed by atoms with van der Waals surface area (Å²) in [6, 6.07) is 11.8. The van der Waals surface area contributed by atoms with Crippen LogP contribution < -0.4 is 20.1 Å². The van der Waals surface area contributed by atoms with Crippen molar-refractivity contribution in [2.24, 2.45) is 0 Å². The minimum atomic E-state index is -5.02. The predicted octanol–water partition coefficient (Wildman–Crippen LogP) is 4.07. The molecule has 37 heavy (non-hydrogen) atoms. The number of rotatable bonds is 6. The third-order valence-corrected chi connectivity index (χ3v) is 7.82. The standard InChI is InChI=1S/C25H23F3N4O4S/c1-14-3-2-4-17-19(9-10-36-22(14)17)32-37(34,35)20-7-8-21(31-23(20)25(26,27)28)29-12-15-5-6-16-13-30-24(33)18(16)11-15/h2-8,11,19,32H,9-10,12-13H2,1H3,(H,29,31)(H,30,33)/t19-/m1/s1. The molecule has 0 radical (unpaired) electrons. The fourth-order valence-corrected chi connectivity index (χ4v) is 5.89. The normalized spacial score (nSPS) is 17.0. The van der Waals surface area contributed by atoms with Crippen LogP contribution in [0, 0.1) is 6.92 Å². The first-order chi connectivity index (χ1) is 17.5. The number of pyridine rings is 1. The Morgan fingerprint density at radius 3 is 2.76 bits per heavy atom. The van der Waals surface area contributed by atoms with Gasteiger partial charge in [-0.1, -0.05) is 30.3 Å². The average Bonchev–Trinajstić information content (AvgIpc) is 3.22. The quantitative estimate of drug-likeness (QED) is 0.442. The van der Waals surface area contributed by atoms with Crippen LogP contribution in [0.3, 0.4) is 0 Å². The molecule has 2 aromatic carbocycles. The van der Waals surface area contributed by atoms with Crippen molar-refractivity contribution in [1.29, 1.82) is 0 Å². The second kappa shape index (κ2) is 9.34. The molecule has 194 valence electrons. The zero-order valence-corrected chi connectivity index (χ0v) is 20.5. The van der Waals surface area contributed by atoms with Gasteiger partial charge in [0.15, 0.2) is 5.69 Å². The molecule has 1 atom stereocenters. The van der Waals surface area contributed by atoms with Gasteiger partial charge in [-0.2, -0.15) is 13.2 Å². The summed E-state index contributed by atoms with van der Waals surface area (Å²) in [5.41, 5.74) is 1.88. The Morgan fingerprint density at radius 2 is 1.97 bits per heavy atom. The summed E-state index contributed by atoms with van der Waals surface area (Å²) in [6.45, 7) is 2.56. The summed E-state index contributed by atoms with van der Waals surface area (Å²) in [5.74, 6) is 0.168. The van der Waals surface area contributed by atoms with Gasteiger partial charge in [0.1, 0.15) is 16.5 Å². The number of benzene rings is 2. The average molecular weight is 533 g/mol. The molecule has 1 aromatic heterocycles. The van der Waals surface area contributed by atoms with Crippen molar-refractivity contribution in [3.05, 3.63) is 82.0 Å². The molecule has 0 saturated carbocycles. The summed E-state index contributed by atoms with van der Waals surface area (Å²) in [5, 5.41) is 5.49. The number of alkyl halides is 3. The number of nitrogens with one attached hydrogen (secondary N) is 3. The van der Waals surface area contributed by atoms with Crippen LogP contribution >= 0.6 is 0 Å². The maximum atomic E-state index is 13.9. The highest BCUT2D eigenvalue weighted by molar-refractivity contribution is 7.89. The van der Waals surface area contributed by atoms with Crippen molar-refractivity contribution in [2.45, 2.75) is 43.5 Å². The Morgan fingerprint density at radius 1 is 1.16 bits per heavy atom. The van der Waals surface area contributed by atoms with Crippen LogP contribution in [0.15, 0.2) is 53.4 Å². The van der Waals surface area contributed by atoms with E-state index in [2.05, 4.69) is 20.3 Å². The van der Waals surface area contributed by atoms with E-state index < -0.39 is 32.8 Å². The van der Waals surface area contributed by atoms with Gasteiger partial charge in [0.05, 0.1) is 12.6 Å². The van der Waals surface area contributed by atoms with Gasteiger partial charge < -0.3 is 15.4 Å². The number of carbonyl (C=O) groups is 1. The molecular formula is C25H23F3N4O4S. The molecule has 1 amide bonds. The van der Waals surface area contributed by atoms with Gasteiger partial charge in [0.2, 0.25) is 10.0 Å². The number of aromatic nitrogens is 1. The van der Waals surface area contributed by atoms with Crippen molar-refractivity contribution in [3.63, 3.8) is 0 Å². The molecule has 3 heterocycles. The lowest BCUT2D eigenvalue weighted by Gasteiger charge is -2.28. The highest BCUT2D eigenvalue weighted by atomic mass is 32.2. The number of halogens is 3. The molecule has 8 nitrogen and oxygen atoms in total. The number of nitrogens with zero attached hydrogens (tertiary/aromatic N) is 1. The van der Waals surface area contributed by atoms with Crippen LogP contribution in [0.1, 0.15) is 50.8 Å². The van der Waals surface area contributed by atoms with Crippen LogP contribution in [-0.4, -0.2) is 25.9 Å². The lowest BCUT2D eigenvalue weighted by Crippen LogP contribution is -2.33. The zero-order chi connectivity index (χ0) is 26.4. The Bertz CT molecular complexity index is 1490. The monoisotopic (exact) mass is 532 g/mol. The van der Waals surface area contributed by atoms with Gasteiger partial charge in [0, 0.05) is 30.6 Å². The topological polar surface area (TPSA) is 109 Å². The van der Waals surface area contributed by atoms with Gasteiger partial charge in [-0.15, -0.1) is 0 Å². The summed E-state index contributed by atoms with van der Waals surface area (Å²) in [6.07, 6.45) is -4.75. The first-order valence-corrected chi connectivity index (χ1v) is 13.0. The third-order valence-electron chi connectivity index (χ3n) is 6.32. The van der Waals surface area contributed by atoms with Crippen LogP contribution in [0.5, 0.6) is 5.75 Å². The molecule has 2 aliphatic rings. The minimum absolute atomic E-state index is 0.0907. The highest BCUT2D eigenvalue weighted by Crippen LogP contribution is 2.37. The SMILES string of the molecule is Cc1cccc2c1OCC[C@H]2NS(=O)(=O)c1ccc(NCc2ccc3c(c2)C(=O)NC3)nc1C(F)(F)F. The number of para-hydroxylation sites is 1. The second-order valence-electron chi connectivity index (χ2n) is 8.87. The molecule has 12 heteroatoms. The molecule has 3 aromatic rings. The smallest absolute Gasteiger partial charge is 0.434 e. The lowest BCUT2D eigenvalue weighted by atomic mass is 9.99. The number of ether oxygens (including phenoxy) is 1. The highest BCUT2D eigenvalue weighted by Gasteiger charge is 2.40. The molecule has 0 spiro atoms. The van der Waals surface area contributed by atoms with Gasteiger partial charge in [-0.05, 0) is 41.8 Å². The summed E-state index contributed by atoms with van der Waals surface area (Å²) in [4.78, 5) is 14.5. The maximum absolute atomic E-state index is 13.9. The Hall–Kier alpha value is -3.64. The van der Waals surface area contributed by atoms with Crippen molar-refractivity contribution in [3.8, 4) is 5.75 Å². The van der Waals surface area contributed by atoms with E-state index in [0.29, 0.717) is 29.0 Å². The molecule has 0 unspecified atom stereocenters. The first kappa shape index (κ1) is 25.0. The van der Waals surface area contributed by atoms with E-state index >= 15 is 0 Å². The van der Waals surface area contributed by atoms with Crippen LogP contribution in [-0.2, 0) is 29.3 Å². The molecule has 3 N–H and O–H groups in total. The van der Waals surface area contributed by atoms with Gasteiger partial charge in [-0.3, -0.25) is 4.79 Å². The maximum Gasteiger partial charge on any atom is 0.434 e. The lowest BCUT2D eigenvalue weighted by molar-refractivity contribution is -0.143. The fraction of sp³-hybridized carbons (Fsp3) is 0.280. The largest absolute Gasteiger partial charge is 0.493 e. The van der Waals surface area contributed by atoms with Crippen LogP contribution in [0.4, 0.5) is 19.0 Å². The van der Waals surface area contributed by atoms with E-state index in [-0.39, 0.29) is 31.3 Å². The molecular weight excluding hydrogens is 509 g/mol. The second-order valence-corrected chi connectivity index (χ2v) is 10.6. The van der Waals surface area contributed by atoms with Crippen molar-refractivity contribution in [2.75, 3.05) is 11.9 Å². The van der Waals surface area contributed by atoms with E-state index in [9.17, 15) is 26.4 Å². The van der Waals surface area contributed by atoms with Gasteiger partial charge in [0.25, 0.3) is 5.91 Å². The van der Waals surface area contributed by atoms with Crippen molar-refractivity contribution < 1.29 is 31.1 Å². The Balaban J connectivity index is 1.40. The van der Waals surface area contributed by atoms with E-state index in [1.807, 2.05) is 13.0 Å². The fourth-order valence-electron chi connectivity index (χ4n) is 4.48. The van der Waals surface area contributed by atoms with Crippen molar-refractivity contribution in [1.82, 2.24) is 15.0 Å². The molecule has 0 aliphatic carbocycles. The van der Waals surface area contributed by atoms with Crippen molar-refractivity contribution >= 4 is 21.7 Å². The first-order valence-electron chi connectivity index (χ1n) is 11.5. The zero-order valence-electron chi connectivity index (χ0n) is 19.6. The molecule has 0 fully saturated rings. The summed E-state index contributed by atoms with van der Waals surface area (Å²) >= 11 is 0. The van der Waals surface area contributed by atoms with E-state index in [1.165, 1.54) is 6.07 Å². The van der Waals surface area contributed by atoms with Gasteiger partial charge in [-0.25, -0.2) is 18.1 Å². The Kier molecular flexibility index (Phi) is 6.32. The van der Waals surface area contributed by atoms with Crippen LogP contribution in [0.25, 0.3) is 0 Å². The van der Waals surface area contributed by atoms with E-state index in [4.69, 9.17) is 4.74 Å². The number of hydrogen-bond acceptors (Lipinski definition) is 6.